The summed E-state index contributed by atoms with van der Waals surface area (Å²) in [6.45, 7) is 4.08. The van der Waals surface area contributed by atoms with Crippen LogP contribution in [0.2, 0.25) is 0 Å². The lowest BCUT2D eigenvalue weighted by atomic mass is 9.95. The zero-order valence-electron chi connectivity index (χ0n) is 19.5. The molecule has 5 rings (SSSR count). The predicted molar refractivity (Wildman–Crippen MR) is 129 cm³/mol. The summed E-state index contributed by atoms with van der Waals surface area (Å²) in [6, 6.07) is 14.7. The average Bonchev–Trinajstić information content (AvgIpc) is 3.57. The summed E-state index contributed by atoms with van der Waals surface area (Å²) in [5.41, 5.74) is 3.40. The fraction of sp³-hybridized carbons (Fsp3) is 0.407. The van der Waals surface area contributed by atoms with Gasteiger partial charge in [0.05, 0.1) is 18.8 Å². The molecule has 3 heterocycles. The van der Waals surface area contributed by atoms with E-state index in [1.165, 1.54) is 0 Å². The molecule has 2 aliphatic rings. The number of H-pyrrole nitrogens is 1. The van der Waals surface area contributed by atoms with Crippen LogP contribution in [0.5, 0.6) is 11.5 Å². The second kappa shape index (κ2) is 9.89. The van der Waals surface area contributed by atoms with Crippen molar-refractivity contribution in [1.82, 2.24) is 15.1 Å². The lowest BCUT2D eigenvalue weighted by Crippen LogP contribution is -2.36. The maximum Gasteiger partial charge on any atom is 0.273 e. The average molecular weight is 462 g/mol. The molecule has 1 saturated heterocycles. The maximum absolute atomic E-state index is 13.5. The number of para-hydroxylation sites is 1. The number of fused-ring (bicyclic) bond motifs is 1. The number of ether oxygens (including phenoxy) is 2. The topological polar surface area (TPSA) is 87.7 Å². The number of nitrogens with one attached hydrogen (secondary N) is 1. The van der Waals surface area contributed by atoms with Gasteiger partial charge in [0.25, 0.3) is 5.91 Å². The van der Waals surface area contributed by atoms with Gasteiger partial charge in [-0.2, -0.15) is 5.10 Å². The molecule has 3 aromatic rings. The summed E-state index contributed by atoms with van der Waals surface area (Å²) >= 11 is 0. The number of aromatic amines is 1. The number of aromatic nitrogens is 2. The number of nitrogens with zero attached hydrogens (tertiary/aromatic N) is 2. The zero-order valence-corrected chi connectivity index (χ0v) is 19.5. The van der Waals surface area contributed by atoms with Crippen LogP contribution in [-0.2, 0) is 4.74 Å². The number of rotatable bonds is 9. The number of aromatic hydroxyl groups is 1. The third-order valence-electron chi connectivity index (χ3n) is 6.64. The van der Waals surface area contributed by atoms with Gasteiger partial charge in [-0.15, -0.1) is 0 Å². The summed E-state index contributed by atoms with van der Waals surface area (Å²) in [4.78, 5) is 15.4. The van der Waals surface area contributed by atoms with Crippen LogP contribution in [0.3, 0.4) is 0 Å². The molecule has 0 spiro atoms. The summed E-state index contributed by atoms with van der Waals surface area (Å²) < 4.78 is 11.9. The first-order valence-electron chi connectivity index (χ1n) is 12.2. The van der Waals surface area contributed by atoms with Crippen molar-refractivity contribution in [2.24, 2.45) is 0 Å². The molecule has 7 nitrogen and oxygen atoms in total. The Labute approximate surface area is 199 Å². The van der Waals surface area contributed by atoms with E-state index in [1.54, 1.807) is 12.1 Å². The van der Waals surface area contributed by atoms with E-state index in [-0.39, 0.29) is 23.8 Å². The van der Waals surface area contributed by atoms with Gasteiger partial charge in [-0.05, 0) is 49.1 Å². The van der Waals surface area contributed by atoms with Crippen LogP contribution >= 0.6 is 0 Å². The van der Waals surface area contributed by atoms with E-state index in [9.17, 15) is 9.90 Å². The van der Waals surface area contributed by atoms with Gasteiger partial charge in [-0.3, -0.25) is 9.89 Å². The molecule has 178 valence electrons. The van der Waals surface area contributed by atoms with E-state index < -0.39 is 0 Å². The number of carbonyl (C=O) groups is 1. The third kappa shape index (κ3) is 4.28. The Kier molecular flexibility index (Phi) is 6.54. The summed E-state index contributed by atoms with van der Waals surface area (Å²) in [5, 5.41) is 17.9. The van der Waals surface area contributed by atoms with Crippen LogP contribution in [-0.4, -0.2) is 52.0 Å². The van der Waals surface area contributed by atoms with Crippen molar-refractivity contribution < 1.29 is 19.4 Å². The number of phenols is 1. The maximum atomic E-state index is 13.5. The molecule has 1 amide bonds. The zero-order chi connectivity index (χ0) is 23.5. The van der Waals surface area contributed by atoms with Crippen LogP contribution in [0.25, 0.3) is 11.3 Å². The quantitative estimate of drug-likeness (QED) is 0.434. The van der Waals surface area contributed by atoms with E-state index in [0.717, 1.165) is 55.6 Å². The molecule has 2 atom stereocenters. The van der Waals surface area contributed by atoms with Gasteiger partial charge in [0.1, 0.15) is 22.9 Å². The highest BCUT2D eigenvalue weighted by molar-refractivity contribution is 6.00. The number of benzene rings is 2. The molecule has 34 heavy (non-hydrogen) atoms. The Bertz CT molecular complexity index is 1150. The molecule has 1 fully saturated rings. The molecule has 2 unspecified atom stereocenters. The molecule has 0 aliphatic carbocycles. The lowest BCUT2D eigenvalue weighted by molar-refractivity contribution is 0.0495. The number of amides is 1. The van der Waals surface area contributed by atoms with Crippen molar-refractivity contribution in [3.8, 4) is 22.8 Å². The number of carbonyl (C=O) groups excluding carboxylic acids is 1. The third-order valence-corrected chi connectivity index (χ3v) is 6.64. The van der Waals surface area contributed by atoms with Gasteiger partial charge in [-0.25, -0.2) is 0 Å². The van der Waals surface area contributed by atoms with Gasteiger partial charge in [-0.1, -0.05) is 44.0 Å². The second-order valence-electron chi connectivity index (χ2n) is 9.00. The number of hydrogen-bond donors (Lipinski definition) is 2. The molecule has 2 N–H and O–H groups in total. The minimum Gasteiger partial charge on any atom is -0.507 e. The summed E-state index contributed by atoms with van der Waals surface area (Å²) in [6.07, 6.45) is 5.25. The Balaban J connectivity index is 1.54. The van der Waals surface area contributed by atoms with Crippen LogP contribution in [0.15, 0.2) is 48.5 Å². The largest absolute Gasteiger partial charge is 0.507 e. The first kappa shape index (κ1) is 22.5. The fourth-order valence-electron chi connectivity index (χ4n) is 4.93. The van der Waals surface area contributed by atoms with E-state index in [2.05, 4.69) is 17.1 Å². The number of hydrogen-bond acceptors (Lipinski definition) is 5. The van der Waals surface area contributed by atoms with Crippen molar-refractivity contribution in [2.75, 3.05) is 19.8 Å². The van der Waals surface area contributed by atoms with Gasteiger partial charge in [0.15, 0.2) is 0 Å². The first-order chi connectivity index (χ1) is 16.7. The highest BCUT2D eigenvalue weighted by atomic mass is 16.5. The van der Waals surface area contributed by atoms with Crippen molar-refractivity contribution in [3.63, 3.8) is 0 Å². The smallest absolute Gasteiger partial charge is 0.273 e. The summed E-state index contributed by atoms with van der Waals surface area (Å²) in [7, 11) is 0. The Morgan fingerprint density at radius 1 is 1.21 bits per heavy atom. The van der Waals surface area contributed by atoms with E-state index >= 15 is 0 Å². The molecular formula is C27H31N3O4. The number of phenolic OH excluding ortho intramolecular Hbond substituents is 1. The normalized spacial score (nSPS) is 19.6. The molecule has 2 aliphatic heterocycles. The van der Waals surface area contributed by atoms with Gasteiger partial charge in [0.2, 0.25) is 0 Å². The van der Waals surface area contributed by atoms with Crippen LogP contribution in [0, 0.1) is 0 Å². The van der Waals surface area contributed by atoms with Crippen molar-refractivity contribution >= 4 is 5.91 Å². The molecule has 0 saturated carbocycles. The molecular weight excluding hydrogens is 430 g/mol. The first-order valence-corrected chi connectivity index (χ1v) is 12.2. The van der Waals surface area contributed by atoms with Gasteiger partial charge in [0, 0.05) is 24.3 Å². The standard InChI is InChI=1S/C27H31N3O4/c1-2-3-6-14-33-19-10-7-9-18(16-19)26-23-24(21-12-4-5-13-22(21)31)28-29-25(23)27(32)30(26)17-20-11-8-15-34-20/h4-5,7,9-10,12-13,16,20,26,31H,2-3,6,8,11,14-15,17H2,1H3,(H,28,29). The predicted octanol–water partition coefficient (Wildman–Crippen LogP) is 5.08. The van der Waals surface area contributed by atoms with E-state index in [1.807, 2.05) is 41.3 Å². The molecule has 7 heteroatoms. The van der Waals surface area contributed by atoms with Crippen LogP contribution in [0.1, 0.15) is 66.7 Å². The minimum absolute atomic E-state index is 0.0190. The van der Waals surface area contributed by atoms with E-state index in [0.29, 0.717) is 30.1 Å². The monoisotopic (exact) mass is 461 g/mol. The van der Waals surface area contributed by atoms with Crippen molar-refractivity contribution in [1.29, 1.82) is 0 Å². The highest BCUT2D eigenvalue weighted by Crippen LogP contribution is 2.45. The number of unbranched alkanes of at least 4 members (excludes halogenated alkanes) is 2. The SMILES string of the molecule is CCCCCOc1cccc(C2c3c(-c4ccccc4O)n[nH]c3C(=O)N2CC2CCCO2)c1. The lowest BCUT2D eigenvalue weighted by Gasteiger charge is -2.28. The van der Waals surface area contributed by atoms with Crippen molar-refractivity contribution in [2.45, 2.75) is 51.2 Å². The molecule has 2 aromatic carbocycles. The fourth-order valence-corrected chi connectivity index (χ4v) is 4.93. The van der Waals surface area contributed by atoms with Crippen LogP contribution < -0.4 is 4.74 Å². The Morgan fingerprint density at radius 2 is 2.09 bits per heavy atom. The van der Waals surface area contributed by atoms with Crippen LogP contribution in [0.4, 0.5) is 0 Å². The molecule has 0 bridgehead atoms. The Morgan fingerprint density at radius 3 is 2.88 bits per heavy atom. The van der Waals surface area contributed by atoms with Crippen molar-refractivity contribution in [3.05, 3.63) is 65.4 Å². The molecule has 1 aromatic heterocycles. The van der Waals surface area contributed by atoms with Gasteiger partial charge >= 0.3 is 0 Å². The Hall–Kier alpha value is -3.32. The van der Waals surface area contributed by atoms with E-state index in [4.69, 9.17) is 9.47 Å². The second-order valence-corrected chi connectivity index (χ2v) is 9.00. The van der Waals surface area contributed by atoms with Gasteiger partial charge < -0.3 is 19.5 Å². The molecule has 0 radical (unpaired) electrons. The minimum atomic E-state index is -0.348. The summed E-state index contributed by atoms with van der Waals surface area (Å²) in [5.74, 6) is 0.826. The highest BCUT2D eigenvalue weighted by Gasteiger charge is 2.43.